The number of anilines is 2. The molecule has 0 aliphatic carbocycles. The van der Waals surface area contributed by atoms with Crippen LogP contribution in [0.2, 0.25) is 0 Å². The minimum Gasteiger partial charge on any atom is -0.450 e. The molecule has 0 saturated carbocycles. The Kier molecular flexibility index (Phi) is 7.08. The quantitative estimate of drug-likeness (QED) is 0.762. The third kappa shape index (κ3) is 4.72. The third-order valence-electron chi connectivity index (χ3n) is 4.03. The molecule has 1 aliphatic rings. The maximum Gasteiger partial charge on any atom is 0.409 e. The molecule has 0 radical (unpaired) electrons. The Labute approximate surface area is 144 Å². The van der Waals surface area contributed by atoms with E-state index in [1.165, 1.54) is 0 Å². The SMILES string of the molecule is CCCN(CCC)c1ccnc(N2CCN(C(=O)OCC)CC2)n1. The Hall–Kier alpha value is -2.05. The number of piperazine rings is 1. The van der Waals surface area contributed by atoms with Crippen LogP contribution in [0.5, 0.6) is 0 Å². The Morgan fingerprint density at radius 2 is 1.83 bits per heavy atom. The summed E-state index contributed by atoms with van der Waals surface area (Å²) in [6, 6.07) is 1.98. The smallest absolute Gasteiger partial charge is 0.409 e. The fourth-order valence-electron chi connectivity index (χ4n) is 2.85. The maximum atomic E-state index is 11.8. The van der Waals surface area contributed by atoms with Crippen LogP contribution in [0.4, 0.5) is 16.6 Å². The molecular formula is C17H29N5O2. The van der Waals surface area contributed by atoms with Gasteiger partial charge in [-0.3, -0.25) is 0 Å². The molecule has 1 aromatic heterocycles. The summed E-state index contributed by atoms with van der Waals surface area (Å²) in [5.74, 6) is 1.73. The van der Waals surface area contributed by atoms with Gasteiger partial charge in [0.15, 0.2) is 0 Å². The van der Waals surface area contributed by atoms with Crippen molar-refractivity contribution in [2.45, 2.75) is 33.6 Å². The predicted molar refractivity (Wildman–Crippen MR) is 95.6 cm³/mol. The van der Waals surface area contributed by atoms with Crippen LogP contribution in [0.3, 0.4) is 0 Å². The van der Waals surface area contributed by atoms with Crippen LogP contribution in [-0.2, 0) is 4.74 Å². The molecule has 7 heteroatoms. The molecule has 134 valence electrons. The Morgan fingerprint density at radius 1 is 1.17 bits per heavy atom. The Bertz CT molecular complexity index is 511. The van der Waals surface area contributed by atoms with Crippen LogP contribution >= 0.6 is 0 Å². The number of rotatable bonds is 7. The summed E-state index contributed by atoms with van der Waals surface area (Å²) in [4.78, 5) is 27.1. The number of nitrogens with zero attached hydrogens (tertiary/aromatic N) is 5. The van der Waals surface area contributed by atoms with Crippen LogP contribution in [0.25, 0.3) is 0 Å². The van der Waals surface area contributed by atoms with Crippen LogP contribution in [0.1, 0.15) is 33.6 Å². The van der Waals surface area contributed by atoms with Gasteiger partial charge in [0.2, 0.25) is 5.95 Å². The standard InChI is InChI=1S/C17H29N5O2/c1-4-9-20(10-5-2)15-7-8-18-16(19-15)21-11-13-22(14-12-21)17(23)24-6-3/h7-8H,4-6,9-14H2,1-3H3. The monoisotopic (exact) mass is 335 g/mol. The van der Waals surface area contributed by atoms with Gasteiger partial charge in [0, 0.05) is 45.5 Å². The normalized spacial score (nSPS) is 14.6. The molecule has 0 N–H and O–H groups in total. The first-order chi connectivity index (χ1) is 11.7. The van der Waals surface area contributed by atoms with E-state index in [-0.39, 0.29) is 6.09 Å². The van der Waals surface area contributed by atoms with Crippen molar-refractivity contribution in [1.29, 1.82) is 0 Å². The van der Waals surface area contributed by atoms with Crippen molar-refractivity contribution in [2.75, 3.05) is 55.7 Å². The second kappa shape index (κ2) is 9.30. The molecule has 0 bridgehead atoms. The summed E-state index contributed by atoms with van der Waals surface area (Å²) < 4.78 is 5.06. The Balaban J connectivity index is 2.00. The van der Waals surface area contributed by atoms with Gasteiger partial charge >= 0.3 is 6.09 Å². The number of hydrogen-bond donors (Lipinski definition) is 0. The summed E-state index contributed by atoms with van der Waals surface area (Å²) in [7, 11) is 0. The molecule has 2 rings (SSSR count). The van der Waals surface area contributed by atoms with Crippen LogP contribution in [-0.4, -0.2) is 66.8 Å². The van der Waals surface area contributed by atoms with Gasteiger partial charge in [-0.1, -0.05) is 13.8 Å². The van der Waals surface area contributed by atoms with E-state index in [1.54, 1.807) is 4.90 Å². The number of carbonyl (C=O) groups excluding carboxylic acids is 1. The third-order valence-corrected chi connectivity index (χ3v) is 4.03. The van der Waals surface area contributed by atoms with Gasteiger partial charge in [0.25, 0.3) is 0 Å². The predicted octanol–water partition coefficient (Wildman–Crippen LogP) is 2.38. The van der Waals surface area contributed by atoms with Gasteiger partial charge in [-0.05, 0) is 25.8 Å². The summed E-state index contributed by atoms with van der Waals surface area (Å²) in [5, 5.41) is 0. The fourth-order valence-corrected chi connectivity index (χ4v) is 2.85. The highest BCUT2D eigenvalue weighted by atomic mass is 16.6. The average Bonchev–Trinajstić information content (AvgIpc) is 2.62. The van der Waals surface area contributed by atoms with Crippen molar-refractivity contribution in [1.82, 2.24) is 14.9 Å². The summed E-state index contributed by atoms with van der Waals surface area (Å²) in [6.07, 6.45) is 3.78. The lowest BCUT2D eigenvalue weighted by atomic mass is 10.3. The van der Waals surface area contributed by atoms with Crippen molar-refractivity contribution in [2.24, 2.45) is 0 Å². The van der Waals surface area contributed by atoms with Crippen molar-refractivity contribution in [3.05, 3.63) is 12.3 Å². The minimum absolute atomic E-state index is 0.233. The number of aromatic nitrogens is 2. The van der Waals surface area contributed by atoms with Gasteiger partial charge in [-0.15, -0.1) is 0 Å². The Morgan fingerprint density at radius 3 is 2.42 bits per heavy atom. The maximum absolute atomic E-state index is 11.8. The molecule has 7 nitrogen and oxygen atoms in total. The molecule has 0 unspecified atom stereocenters. The largest absolute Gasteiger partial charge is 0.450 e. The molecule has 1 aliphatic heterocycles. The number of carbonyl (C=O) groups is 1. The molecule has 24 heavy (non-hydrogen) atoms. The van der Waals surface area contributed by atoms with Crippen LogP contribution in [0.15, 0.2) is 12.3 Å². The molecule has 2 heterocycles. The van der Waals surface area contributed by atoms with E-state index in [1.807, 2.05) is 19.2 Å². The molecule has 1 amide bonds. The van der Waals surface area contributed by atoms with E-state index >= 15 is 0 Å². The first-order valence-corrected chi connectivity index (χ1v) is 8.94. The average molecular weight is 335 g/mol. The van der Waals surface area contributed by atoms with E-state index in [0.717, 1.165) is 50.8 Å². The first-order valence-electron chi connectivity index (χ1n) is 8.94. The highest BCUT2D eigenvalue weighted by molar-refractivity contribution is 5.68. The second-order valence-corrected chi connectivity index (χ2v) is 5.87. The van der Waals surface area contributed by atoms with Gasteiger partial charge in [0.1, 0.15) is 5.82 Å². The van der Waals surface area contributed by atoms with Gasteiger partial charge in [-0.25, -0.2) is 9.78 Å². The lowest BCUT2D eigenvalue weighted by molar-refractivity contribution is 0.105. The first kappa shape index (κ1) is 18.3. The summed E-state index contributed by atoms with van der Waals surface area (Å²) >= 11 is 0. The molecule has 1 fully saturated rings. The van der Waals surface area contributed by atoms with E-state index < -0.39 is 0 Å². The van der Waals surface area contributed by atoms with E-state index in [9.17, 15) is 4.79 Å². The van der Waals surface area contributed by atoms with E-state index in [0.29, 0.717) is 19.7 Å². The number of amides is 1. The molecule has 0 spiro atoms. The van der Waals surface area contributed by atoms with Crippen LogP contribution in [0, 0.1) is 0 Å². The molecular weight excluding hydrogens is 306 g/mol. The van der Waals surface area contributed by atoms with Crippen molar-refractivity contribution >= 4 is 17.9 Å². The second-order valence-electron chi connectivity index (χ2n) is 5.87. The molecule has 1 saturated heterocycles. The lowest BCUT2D eigenvalue weighted by Gasteiger charge is -2.34. The summed E-state index contributed by atoms with van der Waals surface area (Å²) in [5.41, 5.74) is 0. The molecule has 1 aromatic rings. The lowest BCUT2D eigenvalue weighted by Crippen LogP contribution is -2.49. The van der Waals surface area contributed by atoms with Crippen molar-refractivity contribution in [3.8, 4) is 0 Å². The van der Waals surface area contributed by atoms with Crippen molar-refractivity contribution < 1.29 is 9.53 Å². The highest BCUT2D eigenvalue weighted by Gasteiger charge is 2.23. The van der Waals surface area contributed by atoms with Crippen molar-refractivity contribution in [3.63, 3.8) is 0 Å². The van der Waals surface area contributed by atoms with Crippen LogP contribution < -0.4 is 9.80 Å². The zero-order valence-electron chi connectivity index (χ0n) is 15.1. The molecule has 0 aromatic carbocycles. The zero-order chi connectivity index (χ0) is 17.4. The van der Waals surface area contributed by atoms with Gasteiger partial charge in [0.05, 0.1) is 6.61 Å². The van der Waals surface area contributed by atoms with Gasteiger partial charge < -0.3 is 19.4 Å². The fraction of sp³-hybridized carbons (Fsp3) is 0.706. The van der Waals surface area contributed by atoms with E-state index in [4.69, 9.17) is 9.72 Å². The number of ether oxygens (including phenoxy) is 1. The molecule has 0 atom stereocenters. The number of hydrogen-bond acceptors (Lipinski definition) is 6. The van der Waals surface area contributed by atoms with Gasteiger partial charge in [-0.2, -0.15) is 4.98 Å². The topological polar surface area (TPSA) is 61.8 Å². The van der Waals surface area contributed by atoms with E-state index in [2.05, 4.69) is 28.6 Å². The summed E-state index contributed by atoms with van der Waals surface area (Å²) in [6.45, 7) is 11.3. The zero-order valence-corrected chi connectivity index (χ0v) is 15.1. The minimum atomic E-state index is -0.233. The highest BCUT2D eigenvalue weighted by Crippen LogP contribution is 2.17.